The summed E-state index contributed by atoms with van der Waals surface area (Å²) >= 11 is 0. The fraction of sp³-hybridized carbons (Fsp3) is 0.588. The molecule has 1 unspecified atom stereocenters. The van der Waals surface area contributed by atoms with Crippen LogP contribution in [0.15, 0.2) is 18.2 Å². The highest BCUT2D eigenvalue weighted by molar-refractivity contribution is 5.82. The molecule has 1 N–H and O–H groups in total. The first-order chi connectivity index (χ1) is 9.81. The van der Waals surface area contributed by atoms with E-state index in [1.807, 2.05) is 47.0 Å². The summed E-state index contributed by atoms with van der Waals surface area (Å²) in [4.78, 5) is 14.6. The number of nitrogens with zero attached hydrogens (tertiary/aromatic N) is 1. The molecule has 4 nitrogen and oxygen atoms in total. The van der Waals surface area contributed by atoms with Crippen LogP contribution >= 0.6 is 0 Å². The van der Waals surface area contributed by atoms with Crippen LogP contribution in [-0.4, -0.2) is 44.7 Å². The Morgan fingerprint density at radius 2 is 2.00 bits per heavy atom. The van der Waals surface area contributed by atoms with Crippen LogP contribution < -0.4 is 5.32 Å². The van der Waals surface area contributed by atoms with Gasteiger partial charge in [0.1, 0.15) is 5.54 Å². The molecular weight excluding hydrogens is 264 g/mol. The highest BCUT2D eigenvalue weighted by Crippen LogP contribution is 2.26. The summed E-state index contributed by atoms with van der Waals surface area (Å²) in [6, 6.07) is 6.15. The summed E-state index contributed by atoms with van der Waals surface area (Å²) in [5.74, 6) is -0.226. The molecule has 0 saturated carbocycles. The number of carbonyl (C=O) groups is 1. The van der Waals surface area contributed by atoms with Gasteiger partial charge in [0.2, 0.25) is 0 Å². The summed E-state index contributed by atoms with van der Waals surface area (Å²) in [5.41, 5.74) is 2.45. The van der Waals surface area contributed by atoms with Gasteiger partial charge in [0.15, 0.2) is 0 Å². The normalized spacial score (nSPS) is 14.0. The predicted octanol–water partition coefficient (Wildman–Crippen LogP) is 2.23. The Labute approximate surface area is 128 Å². The number of aryl methyl sites for hydroxylation is 2. The second-order valence-electron chi connectivity index (χ2n) is 5.89. The summed E-state index contributed by atoms with van der Waals surface area (Å²) in [6.45, 7) is 9.79. The molecule has 4 heteroatoms. The van der Waals surface area contributed by atoms with E-state index in [4.69, 9.17) is 4.74 Å². The van der Waals surface area contributed by atoms with Gasteiger partial charge in [0, 0.05) is 13.1 Å². The molecule has 0 amide bonds. The fourth-order valence-corrected chi connectivity index (χ4v) is 2.46. The van der Waals surface area contributed by atoms with Crippen LogP contribution in [0.5, 0.6) is 0 Å². The molecule has 0 saturated heterocycles. The van der Waals surface area contributed by atoms with Crippen molar-refractivity contribution in [3.8, 4) is 0 Å². The summed E-state index contributed by atoms with van der Waals surface area (Å²) in [7, 11) is 4.03. The first kappa shape index (κ1) is 17.7. The van der Waals surface area contributed by atoms with Gasteiger partial charge in [0.25, 0.3) is 0 Å². The number of ether oxygens (including phenoxy) is 1. The number of nitrogens with one attached hydrogen (secondary N) is 1. The molecular formula is C17H28N2O2. The Hall–Kier alpha value is -1.39. The number of carbonyl (C=O) groups excluding carboxylic acids is 1. The molecule has 0 heterocycles. The van der Waals surface area contributed by atoms with Crippen molar-refractivity contribution in [2.24, 2.45) is 0 Å². The molecule has 118 valence electrons. The molecule has 1 atom stereocenters. The third kappa shape index (κ3) is 4.55. The molecule has 0 aliphatic heterocycles. The molecule has 1 aromatic rings. The van der Waals surface area contributed by atoms with Gasteiger partial charge in [-0.05, 0) is 52.9 Å². The number of likely N-dealkylation sites (N-methyl/N-ethyl adjacent to an activating group) is 1. The van der Waals surface area contributed by atoms with Gasteiger partial charge in [-0.3, -0.25) is 5.32 Å². The van der Waals surface area contributed by atoms with Gasteiger partial charge in [-0.25, -0.2) is 4.79 Å². The van der Waals surface area contributed by atoms with Gasteiger partial charge >= 0.3 is 5.97 Å². The lowest BCUT2D eigenvalue weighted by Crippen LogP contribution is -2.50. The molecule has 0 fully saturated rings. The molecule has 21 heavy (non-hydrogen) atoms. The molecule has 0 aromatic heterocycles. The van der Waals surface area contributed by atoms with Crippen molar-refractivity contribution >= 4 is 5.97 Å². The molecule has 0 radical (unpaired) electrons. The zero-order valence-electron chi connectivity index (χ0n) is 14.1. The van der Waals surface area contributed by atoms with Crippen molar-refractivity contribution in [2.45, 2.75) is 33.2 Å². The van der Waals surface area contributed by atoms with Crippen LogP contribution in [-0.2, 0) is 15.1 Å². The second-order valence-corrected chi connectivity index (χ2v) is 5.89. The Bertz CT molecular complexity index is 486. The number of esters is 1. The smallest absolute Gasteiger partial charge is 0.330 e. The lowest BCUT2D eigenvalue weighted by Gasteiger charge is -2.31. The molecule has 0 spiro atoms. The summed E-state index contributed by atoms with van der Waals surface area (Å²) < 4.78 is 5.29. The second kappa shape index (κ2) is 7.57. The average molecular weight is 292 g/mol. The highest BCUT2D eigenvalue weighted by atomic mass is 16.5. The molecule has 1 aromatic carbocycles. The van der Waals surface area contributed by atoms with E-state index in [0.717, 1.165) is 24.2 Å². The minimum atomic E-state index is -0.816. The lowest BCUT2D eigenvalue weighted by atomic mass is 9.87. The molecule has 0 bridgehead atoms. The minimum absolute atomic E-state index is 0.226. The number of benzene rings is 1. The Balaban J connectivity index is 3.08. The van der Waals surface area contributed by atoms with Crippen LogP contribution in [0.25, 0.3) is 0 Å². The van der Waals surface area contributed by atoms with Crippen molar-refractivity contribution in [1.82, 2.24) is 10.2 Å². The van der Waals surface area contributed by atoms with Crippen molar-refractivity contribution in [2.75, 3.05) is 33.8 Å². The van der Waals surface area contributed by atoms with E-state index in [1.165, 1.54) is 5.56 Å². The monoisotopic (exact) mass is 292 g/mol. The highest BCUT2D eigenvalue weighted by Gasteiger charge is 2.37. The maximum absolute atomic E-state index is 12.5. The maximum Gasteiger partial charge on any atom is 0.330 e. The number of hydrogen-bond acceptors (Lipinski definition) is 4. The van der Waals surface area contributed by atoms with Crippen LogP contribution in [0.4, 0.5) is 0 Å². The average Bonchev–Trinajstić information content (AvgIpc) is 2.38. The SMILES string of the molecule is CCOC(=O)C(C)(NCCN(C)C)c1ccc(C)cc1C. The summed E-state index contributed by atoms with van der Waals surface area (Å²) in [5, 5.41) is 3.37. The topological polar surface area (TPSA) is 41.6 Å². The van der Waals surface area contributed by atoms with E-state index in [1.54, 1.807) is 0 Å². The van der Waals surface area contributed by atoms with Gasteiger partial charge in [-0.2, -0.15) is 0 Å². The zero-order chi connectivity index (χ0) is 16.0. The van der Waals surface area contributed by atoms with Crippen molar-refractivity contribution in [1.29, 1.82) is 0 Å². The number of hydrogen-bond donors (Lipinski definition) is 1. The fourth-order valence-electron chi connectivity index (χ4n) is 2.46. The van der Waals surface area contributed by atoms with E-state index in [2.05, 4.69) is 23.2 Å². The van der Waals surface area contributed by atoms with Gasteiger partial charge in [-0.1, -0.05) is 23.8 Å². The van der Waals surface area contributed by atoms with E-state index in [0.29, 0.717) is 6.61 Å². The van der Waals surface area contributed by atoms with Gasteiger partial charge in [0.05, 0.1) is 6.61 Å². The first-order valence-electron chi connectivity index (χ1n) is 7.46. The Morgan fingerprint density at radius 1 is 1.33 bits per heavy atom. The zero-order valence-corrected chi connectivity index (χ0v) is 14.1. The largest absolute Gasteiger partial charge is 0.464 e. The molecule has 1 rings (SSSR count). The Kier molecular flexibility index (Phi) is 6.37. The van der Waals surface area contributed by atoms with E-state index < -0.39 is 5.54 Å². The Morgan fingerprint density at radius 3 is 2.52 bits per heavy atom. The maximum atomic E-state index is 12.5. The lowest BCUT2D eigenvalue weighted by molar-refractivity contribution is -0.151. The van der Waals surface area contributed by atoms with Crippen molar-refractivity contribution in [3.63, 3.8) is 0 Å². The predicted molar refractivity (Wildman–Crippen MR) is 86.5 cm³/mol. The number of rotatable bonds is 7. The van der Waals surface area contributed by atoms with E-state index in [9.17, 15) is 4.79 Å². The van der Waals surface area contributed by atoms with Crippen LogP contribution in [0.2, 0.25) is 0 Å². The summed E-state index contributed by atoms with van der Waals surface area (Å²) in [6.07, 6.45) is 0. The minimum Gasteiger partial charge on any atom is -0.464 e. The van der Waals surface area contributed by atoms with Gasteiger partial charge in [-0.15, -0.1) is 0 Å². The third-order valence-electron chi connectivity index (χ3n) is 3.64. The molecule has 0 aliphatic rings. The standard InChI is InChI=1S/C17H28N2O2/c1-7-21-16(20)17(4,18-10-11-19(5)6)15-9-8-13(2)12-14(15)3/h8-9,12,18H,7,10-11H2,1-6H3. The van der Waals surface area contributed by atoms with Crippen molar-refractivity contribution < 1.29 is 9.53 Å². The third-order valence-corrected chi connectivity index (χ3v) is 3.64. The van der Waals surface area contributed by atoms with Crippen LogP contribution in [0.3, 0.4) is 0 Å². The van der Waals surface area contributed by atoms with Crippen LogP contribution in [0.1, 0.15) is 30.5 Å². The van der Waals surface area contributed by atoms with E-state index >= 15 is 0 Å². The van der Waals surface area contributed by atoms with Crippen LogP contribution in [0, 0.1) is 13.8 Å². The van der Waals surface area contributed by atoms with E-state index in [-0.39, 0.29) is 5.97 Å². The quantitative estimate of drug-likeness (QED) is 0.783. The van der Waals surface area contributed by atoms with Gasteiger partial charge < -0.3 is 9.64 Å². The molecule has 0 aliphatic carbocycles. The van der Waals surface area contributed by atoms with Crippen molar-refractivity contribution in [3.05, 3.63) is 34.9 Å². The first-order valence-corrected chi connectivity index (χ1v) is 7.46.